The van der Waals surface area contributed by atoms with Gasteiger partial charge in [-0.3, -0.25) is 0 Å². The average molecular weight is 141 g/mol. The summed E-state index contributed by atoms with van der Waals surface area (Å²) in [5, 5.41) is 0. The zero-order valence-corrected chi connectivity index (χ0v) is 6.47. The van der Waals surface area contributed by atoms with Crippen LogP contribution in [0, 0.1) is 0 Å². The number of ether oxygens (including phenoxy) is 1. The first-order valence-corrected chi connectivity index (χ1v) is 3.25. The van der Waals surface area contributed by atoms with Crippen LogP contribution in [0.1, 0.15) is 6.42 Å². The van der Waals surface area contributed by atoms with E-state index < -0.39 is 0 Å². The van der Waals surface area contributed by atoms with Crippen molar-refractivity contribution in [3.05, 3.63) is 24.8 Å². The largest absolute Gasteiger partial charge is 0.380 e. The first-order valence-electron chi connectivity index (χ1n) is 3.25. The Labute approximate surface area is 62.4 Å². The van der Waals surface area contributed by atoms with E-state index >= 15 is 0 Å². The van der Waals surface area contributed by atoms with Crippen molar-refractivity contribution in [2.24, 2.45) is 5.73 Å². The van der Waals surface area contributed by atoms with Crippen LogP contribution < -0.4 is 5.73 Å². The number of hydrogen-bond acceptors (Lipinski definition) is 2. The van der Waals surface area contributed by atoms with Crippen LogP contribution in [0.4, 0.5) is 0 Å². The molecule has 0 amide bonds. The molecule has 0 aromatic rings. The third-order valence-electron chi connectivity index (χ3n) is 1.27. The predicted molar refractivity (Wildman–Crippen MR) is 43.8 cm³/mol. The molecule has 0 aromatic heterocycles. The highest BCUT2D eigenvalue weighted by molar-refractivity contribution is 5.06. The van der Waals surface area contributed by atoms with Gasteiger partial charge in [-0.25, -0.2) is 0 Å². The number of hydrogen-bond donors (Lipinski definition) is 1. The van der Waals surface area contributed by atoms with E-state index in [-0.39, 0.29) is 6.04 Å². The van der Waals surface area contributed by atoms with E-state index in [9.17, 15) is 0 Å². The fraction of sp³-hybridized carbons (Fsp3) is 0.500. The summed E-state index contributed by atoms with van der Waals surface area (Å²) >= 11 is 0. The number of methoxy groups -OCH3 is 1. The summed E-state index contributed by atoms with van der Waals surface area (Å²) in [6.45, 7) is 7.88. The highest BCUT2D eigenvalue weighted by atomic mass is 16.5. The maximum atomic E-state index is 5.66. The van der Waals surface area contributed by atoms with Crippen molar-refractivity contribution in [3.63, 3.8) is 0 Å². The Bertz CT molecular complexity index is 120. The summed E-state index contributed by atoms with van der Waals surface area (Å²) in [4.78, 5) is 0. The minimum Gasteiger partial charge on any atom is -0.380 e. The molecule has 0 aliphatic carbocycles. The summed E-state index contributed by atoms with van der Waals surface area (Å²) in [7, 11) is 1.63. The van der Waals surface area contributed by atoms with E-state index in [1.165, 1.54) is 0 Å². The van der Waals surface area contributed by atoms with Crippen molar-refractivity contribution in [2.45, 2.75) is 12.5 Å². The molecule has 1 atom stereocenters. The molecular weight excluding hydrogens is 126 g/mol. The minimum atomic E-state index is -0.00236. The Hall–Kier alpha value is -0.600. The lowest BCUT2D eigenvalue weighted by molar-refractivity contribution is 0.221. The third kappa shape index (κ3) is 3.43. The molecule has 0 fully saturated rings. The topological polar surface area (TPSA) is 35.2 Å². The van der Waals surface area contributed by atoms with Crippen molar-refractivity contribution >= 4 is 0 Å². The quantitative estimate of drug-likeness (QED) is 0.582. The van der Waals surface area contributed by atoms with E-state index in [0.29, 0.717) is 6.61 Å². The summed E-state index contributed by atoms with van der Waals surface area (Å²) in [6.07, 6.45) is 2.55. The molecule has 2 N–H and O–H groups in total. The smallest absolute Gasteiger partial charge is 0.0685 e. The van der Waals surface area contributed by atoms with Crippen molar-refractivity contribution in [3.8, 4) is 0 Å². The van der Waals surface area contributed by atoms with Gasteiger partial charge in [0.05, 0.1) is 6.61 Å². The van der Waals surface area contributed by atoms with Gasteiger partial charge in [-0.2, -0.15) is 0 Å². The Kier molecular flexibility index (Phi) is 4.89. The van der Waals surface area contributed by atoms with Crippen molar-refractivity contribution < 1.29 is 4.74 Å². The second kappa shape index (κ2) is 5.21. The van der Waals surface area contributed by atoms with Crippen LogP contribution in [0.3, 0.4) is 0 Å². The van der Waals surface area contributed by atoms with Crippen molar-refractivity contribution in [2.75, 3.05) is 13.7 Å². The van der Waals surface area contributed by atoms with Crippen LogP contribution in [-0.2, 0) is 4.74 Å². The van der Waals surface area contributed by atoms with E-state index in [0.717, 1.165) is 12.0 Å². The lowest BCUT2D eigenvalue weighted by Crippen LogP contribution is -2.23. The molecule has 0 spiro atoms. The van der Waals surface area contributed by atoms with Gasteiger partial charge in [-0.15, -0.1) is 6.58 Å². The molecule has 0 radical (unpaired) electrons. The van der Waals surface area contributed by atoms with E-state index in [4.69, 9.17) is 10.5 Å². The van der Waals surface area contributed by atoms with E-state index in [1.54, 1.807) is 13.2 Å². The van der Waals surface area contributed by atoms with Crippen molar-refractivity contribution in [1.82, 2.24) is 0 Å². The fourth-order valence-electron chi connectivity index (χ4n) is 0.639. The van der Waals surface area contributed by atoms with Gasteiger partial charge in [0.1, 0.15) is 0 Å². The molecule has 0 rings (SSSR count). The fourth-order valence-corrected chi connectivity index (χ4v) is 0.639. The SMILES string of the molecule is C=CCC(N)C(=C)COC. The first-order chi connectivity index (χ1) is 4.72. The third-order valence-corrected chi connectivity index (χ3v) is 1.27. The van der Waals surface area contributed by atoms with Gasteiger partial charge in [0, 0.05) is 13.2 Å². The van der Waals surface area contributed by atoms with Gasteiger partial charge < -0.3 is 10.5 Å². The van der Waals surface area contributed by atoms with E-state index in [1.807, 2.05) is 0 Å². The molecule has 0 aliphatic heterocycles. The maximum absolute atomic E-state index is 5.66. The average Bonchev–Trinajstić information content (AvgIpc) is 1.89. The summed E-state index contributed by atoms with van der Waals surface area (Å²) in [5.74, 6) is 0. The molecule has 58 valence electrons. The molecule has 0 bridgehead atoms. The van der Waals surface area contributed by atoms with Crippen LogP contribution in [0.2, 0.25) is 0 Å². The van der Waals surface area contributed by atoms with Crippen LogP contribution in [-0.4, -0.2) is 19.8 Å². The monoisotopic (exact) mass is 141 g/mol. The van der Waals surface area contributed by atoms with Gasteiger partial charge >= 0.3 is 0 Å². The van der Waals surface area contributed by atoms with Gasteiger partial charge in [0.2, 0.25) is 0 Å². The summed E-state index contributed by atoms with van der Waals surface area (Å²) in [6, 6.07) is -0.00236. The molecule has 0 aliphatic rings. The Morgan fingerprint density at radius 1 is 1.80 bits per heavy atom. The van der Waals surface area contributed by atoms with Crippen molar-refractivity contribution in [1.29, 1.82) is 0 Å². The number of rotatable bonds is 5. The molecule has 10 heavy (non-hydrogen) atoms. The summed E-state index contributed by atoms with van der Waals surface area (Å²) in [5.41, 5.74) is 6.58. The molecule has 0 saturated heterocycles. The zero-order valence-electron chi connectivity index (χ0n) is 6.47. The van der Waals surface area contributed by atoms with Crippen LogP contribution in [0.5, 0.6) is 0 Å². The lowest BCUT2D eigenvalue weighted by atomic mass is 10.1. The predicted octanol–water partition coefficient (Wildman–Crippen LogP) is 1.09. The van der Waals surface area contributed by atoms with Gasteiger partial charge in [0.25, 0.3) is 0 Å². The highest BCUT2D eigenvalue weighted by Gasteiger charge is 2.02. The van der Waals surface area contributed by atoms with Gasteiger partial charge in [-0.05, 0) is 12.0 Å². The van der Waals surface area contributed by atoms with Crippen LogP contribution in [0.25, 0.3) is 0 Å². The molecule has 0 heterocycles. The lowest BCUT2D eigenvalue weighted by Gasteiger charge is -2.10. The van der Waals surface area contributed by atoms with Crippen LogP contribution >= 0.6 is 0 Å². The van der Waals surface area contributed by atoms with E-state index in [2.05, 4.69) is 13.2 Å². The molecule has 0 aromatic carbocycles. The zero-order chi connectivity index (χ0) is 7.98. The summed E-state index contributed by atoms with van der Waals surface area (Å²) < 4.78 is 4.86. The van der Waals surface area contributed by atoms with Gasteiger partial charge in [0.15, 0.2) is 0 Å². The number of nitrogens with two attached hydrogens (primary N) is 1. The molecule has 1 unspecified atom stereocenters. The molecular formula is C8H15NO. The Morgan fingerprint density at radius 2 is 2.40 bits per heavy atom. The Balaban J connectivity index is 3.58. The Morgan fingerprint density at radius 3 is 2.80 bits per heavy atom. The maximum Gasteiger partial charge on any atom is 0.0685 e. The molecule has 2 heteroatoms. The molecule has 2 nitrogen and oxygen atoms in total. The highest BCUT2D eigenvalue weighted by Crippen LogP contribution is 2.01. The van der Waals surface area contributed by atoms with Crippen LogP contribution in [0.15, 0.2) is 24.8 Å². The first kappa shape index (κ1) is 9.40. The second-order valence-corrected chi connectivity index (χ2v) is 2.22. The standard InChI is InChI=1S/C8H15NO/c1-4-5-8(9)7(2)6-10-3/h4,8H,1-2,5-6,9H2,3H3. The van der Waals surface area contributed by atoms with Gasteiger partial charge in [-0.1, -0.05) is 12.7 Å². The second-order valence-electron chi connectivity index (χ2n) is 2.22. The molecule has 0 saturated carbocycles. The minimum absolute atomic E-state index is 0.00236. The normalized spacial score (nSPS) is 12.6.